The van der Waals surface area contributed by atoms with E-state index in [0.717, 1.165) is 10.2 Å². The second kappa shape index (κ2) is 9.14. The molecule has 1 amide bonds. The number of fused-ring (bicyclic) bond motifs is 1. The van der Waals surface area contributed by atoms with Crippen LogP contribution >= 0.6 is 22.9 Å². The van der Waals surface area contributed by atoms with Crippen LogP contribution in [0.3, 0.4) is 0 Å². The largest absolute Gasteiger partial charge is 0.303 e. The molecule has 30 heavy (non-hydrogen) atoms. The topological polar surface area (TPSA) is 71.7 Å². The van der Waals surface area contributed by atoms with Gasteiger partial charge in [-0.05, 0) is 36.4 Å². The van der Waals surface area contributed by atoms with Gasteiger partial charge in [0, 0.05) is 18.7 Å². The van der Waals surface area contributed by atoms with Crippen LogP contribution in [0.2, 0.25) is 5.02 Å². The molecule has 0 spiro atoms. The number of para-hydroxylation sites is 1. The van der Waals surface area contributed by atoms with E-state index < -0.39 is 15.9 Å². The molecule has 0 atom stereocenters. The molecule has 0 saturated carbocycles. The van der Waals surface area contributed by atoms with E-state index in [-0.39, 0.29) is 17.0 Å². The number of thiazole rings is 1. The first-order valence-corrected chi connectivity index (χ1v) is 11.9. The third kappa shape index (κ3) is 4.20. The number of terminal acetylenes is 1. The van der Waals surface area contributed by atoms with Gasteiger partial charge in [-0.15, -0.1) is 6.42 Å². The number of hydrogen-bond donors (Lipinski definition) is 0. The maximum Gasteiger partial charge on any atom is 0.279 e. The number of benzene rings is 2. The standard InChI is InChI=1S/C21H20ClN3O3S2/c1-4-14-25-19-17(22)8-7-9-18(19)29-21(25)23-20(26)15-10-12-16(13-11-15)30(27,28)24(5-2)6-3/h1,7-13H,5-6,14H2,2-3H3. The van der Waals surface area contributed by atoms with Crippen LogP contribution in [-0.4, -0.2) is 36.3 Å². The van der Waals surface area contributed by atoms with Crippen molar-refractivity contribution in [3.8, 4) is 12.3 Å². The Morgan fingerprint density at radius 1 is 1.20 bits per heavy atom. The summed E-state index contributed by atoms with van der Waals surface area (Å²) < 4.78 is 29.1. The molecule has 6 nitrogen and oxygen atoms in total. The summed E-state index contributed by atoms with van der Waals surface area (Å²) in [5.74, 6) is 2.07. The fraction of sp³-hybridized carbons (Fsp3) is 0.238. The number of carbonyl (C=O) groups excluding carboxylic acids is 1. The Bertz CT molecular complexity index is 1300. The number of nitrogens with zero attached hydrogens (tertiary/aromatic N) is 3. The highest BCUT2D eigenvalue weighted by Crippen LogP contribution is 2.25. The fourth-order valence-corrected chi connectivity index (χ4v) is 5.89. The van der Waals surface area contributed by atoms with E-state index in [1.54, 1.807) is 24.5 Å². The van der Waals surface area contributed by atoms with Crippen LogP contribution in [0.4, 0.5) is 0 Å². The summed E-state index contributed by atoms with van der Waals surface area (Å²) >= 11 is 7.62. The average molecular weight is 462 g/mol. The Morgan fingerprint density at radius 3 is 2.47 bits per heavy atom. The van der Waals surface area contributed by atoms with E-state index in [2.05, 4.69) is 10.9 Å². The molecule has 2 aromatic carbocycles. The lowest BCUT2D eigenvalue weighted by Crippen LogP contribution is -2.30. The van der Waals surface area contributed by atoms with Gasteiger partial charge in [-0.2, -0.15) is 9.30 Å². The minimum Gasteiger partial charge on any atom is -0.303 e. The summed E-state index contributed by atoms with van der Waals surface area (Å²) in [6.07, 6.45) is 5.48. The zero-order valence-corrected chi connectivity index (χ0v) is 18.9. The van der Waals surface area contributed by atoms with Gasteiger partial charge in [0.15, 0.2) is 4.80 Å². The highest BCUT2D eigenvalue weighted by atomic mass is 35.5. The lowest BCUT2D eigenvalue weighted by molar-refractivity contribution is 0.0998. The Kier molecular flexibility index (Phi) is 6.78. The minimum atomic E-state index is -3.59. The molecular weight excluding hydrogens is 442 g/mol. The lowest BCUT2D eigenvalue weighted by atomic mass is 10.2. The first-order chi connectivity index (χ1) is 14.3. The quantitative estimate of drug-likeness (QED) is 0.525. The number of sulfonamides is 1. The van der Waals surface area contributed by atoms with Gasteiger partial charge in [-0.3, -0.25) is 4.79 Å². The summed E-state index contributed by atoms with van der Waals surface area (Å²) in [6.45, 7) is 4.52. The van der Waals surface area contributed by atoms with Crippen molar-refractivity contribution in [3.05, 3.63) is 57.9 Å². The predicted octanol–water partition coefficient (Wildman–Crippen LogP) is 3.76. The molecule has 0 N–H and O–H groups in total. The Morgan fingerprint density at radius 2 is 1.87 bits per heavy atom. The van der Waals surface area contributed by atoms with Gasteiger partial charge < -0.3 is 4.57 Å². The van der Waals surface area contributed by atoms with Crippen LogP contribution in [-0.2, 0) is 16.6 Å². The summed E-state index contributed by atoms with van der Waals surface area (Å²) in [5, 5.41) is 0.527. The fourth-order valence-electron chi connectivity index (χ4n) is 3.04. The van der Waals surface area contributed by atoms with Crippen molar-refractivity contribution in [2.24, 2.45) is 4.99 Å². The summed E-state index contributed by atoms with van der Waals surface area (Å²) in [5.41, 5.74) is 1.01. The zero-order chi connectivity index (χ0) is 21.9. The first kappa shape index (κ1) is 22.2. The van der Waals surface area contributed by atoms with Crippen molar-refractivity contribution < 1.29 is 13.2 Å². The Hall–Kier alpha value is -2.44. The molecule has 3 aromatic rings. The SMILES string of the molecule is C#CCn1c(=NC(=O)c2ccc(S(=O)(=O)N(CC)CC)cc2)sc2cccc(Cl)c21. The second-order valence-electron chi connectivity index (χ2n) is 6.29. The van der Waals surface area contributed by atoms with Crippen LogP contribution in [0.25, 0.3) is 10.2 Å². The minimum absolute atomic E-state index is 0.138. The molecule has 1 aromatic heterocycles. The van der Waals surface area contributed by atoms with Crippen molar-refractivity contribution in [2.45, 2.75) is 25.3 Å². The average Bonchev–Trinajstić information content (AvgIpc) is 3.07. The summed E-state index contributed by atoms with van der Waals surface area (Å²) in [4.78, 5) is 17.5. The van der Waals surface area contributed by atoms with Crippen molar-refractivity contribution in [1.82, 2.24) is 8.87 Å². The summed E-state index contributed by atoms with van der Waals surface area (Å²) in [7, 11) is -3.59. The first-order valence-electron chi connectivity index (χ1n) is 9.24. The molecule has 0 aliphatic carbocycles. The van der Waals surface area contributed by atoms with Gasteiger partial charge >= 0.3 is 0 Å². The molecule has 156 valence electrons. The van der Waals surface area contributed by atoms with Gasteiger partial charge in [0.05, 0.1) is 26.7 Å². The highest BCUT2D eigenvalue weighted by Gasteiger charge is 2.21. The van der Waals surface area contributed by atoms with Gasteiger partial charge in [0.2, 0.25) is 10.0 Å². The number of hydrogen-bond acceptors (Lipinski definition) is 4. The van der Waals surface area contributed by atoms with Gasteiger partial charge in [0.1, 0.15) is 0 Å². The molecule has 1 heterocycles. The van der Waals surface area contributed by atoms with Gasteiger partial charge in [0.25, 0.3) is 5.91 Å². The molecular formula is C21H20ClN3O3S2. The van der Waals surface area contributed by atoms with E-state index in [4.69, 9.17) is 18.0 Å². The number of halogens is 1. The molecule has 0 bridgehead atoms. The van der Waals surface area contributed by atoms with Crippen LogP contribution in [0, 0.1) is 12.3 Å². The third-order valence-electron chi connectivity index (χ3n) is 4.54. The molecule has 9 heteroatoms. The number of rotatable bonds is 6. The van der Waals surface area contributed by atoms with Crippen molar-refractivity contribution in [3.63, 3.8) is 0 Å². The van der Waals surface area contributed by atoms with E-state index in [1.165, 1.54) is 39.9 Å². The van der Waals surface area contributed by atoms with Gasteiger partial charge in [-0.1, -0.05) is 48.8 Å². The van der Waals surface area contributed by atoms with Crippen LogP contribution in [0.1, 0.15) is 24.2 Å². The van der Waals surface area contributed by atoms with Crippen molar-refractivity contribution in [1.29, 1.82) is 0 Å². The van der Waals surface area contributed by atoms with E-state index in [1.807, 2.05) is 12.1 Å². The predicted molar refractivity (Wildman–Crippen MR) is 120 cm³/mol. The maximum absolute atomic E-state index is 12.7. The van der Waals surface area contributed by atoms with Gasteiger partial charge in [-0.25, -0.2) is 8.42 Å². The third-order valence-corrected chi connectivity index (χ3v) is 7.96. The van der Waals surface area contributed by atoms with E-state index in [0.29, 0.717) is 22.9 Å². The number of amides is 1. The van der Waals surface area contributed by atoms with Crippen LogP contribution in [0.15, 0.2) is 52.4 Å². The molecule has 3 rings (SSSR count). The van der Waals surface area contributed by atoms with E-state index >= 15 is 0 Å². The lowest BCUT2D eigenvalue weighted by Gasteiger charge is -2.18. The molecule has 0 fully saturated rings. The maximum atomic E-state index is 12.7. The molecule has 0 radical (unpaired) electrons. The van der Waals surface area contributed by atoms with Crippen LogP contribution in [0.5, 0.6) is 0 Å². The van der Waals surface area contributed by atoms with E-state index in [9.17, 15) is 13.2 Å². The molecule has 0 unspecified atom stereocenters. The zero-order valence-electron chi connectivity index (χ0n) is 16.5. The number of carbonyl (C=O) groups is 1. The molecule has 0 aliphatic heterocycles. The number of aromatic nitrogens is 1. The Balaban J connectivity index is 2.01. The van der Waals surface area contributed by atoms with Crippen molar-refractivity contribution in [2.75, 3.05) is 13.1 Å². The molecule has 0 aliphatic rings. The second-order valence-corrected chi connectivity index (χ2v) is 9.65. The monoisotopic (exact) mass is 461 g/mol. The van der Waals surface area contributed by atoms with Crippen LogP contribution < -0.4 is 4.80 Å². The normalized spacial score (nSPS) is 12.4. The summed E-state index contributed by atoms with van der Waals surface area (Å²) in [6, 6.07) is 11.2. The Labute approximate surface area is 184 Å². The smallest absolute Gasteiger partial charge is 0.279 e. The van der Waals surface area contributed by atoms with Crippen molar-refractivity contribution >= 4 is 49.1 Å². The molecule has 0 saturated heterocycles. The highest BCUT2D eigenvalue weighted by molar-refractivity contribution is 7.89.